The fourth-order valence-electron chi connectivity index (χ4n) is 3.03. The highest BCUT2D eigenvalue weighted by atomic mass is 16.2. The van der Waals surface area contributed by atoms with Crippen molar-refractivity contribution in [3.05, 3.63) is 0 Å². The van der Waals surface area contributed by atoms with Crippen LogP contribution < -0.4 is 5.32 Å². The van der Waals surface area contributed by atoms with Gasteiger partial charge in [-0.1, -0.05) is 27.7 Å². The van der Waals surface area contributed by atoms with E-state index in [4.69, 9.17) is 0 Å². The maximum Gasteiger partial charge on any atom is 0.239 e. The molecule has 1 heterocycles. The van der Waals surface area contributed by atoms with Gasteiger partial charge in [0.05, 0.1) is 6.04 Å². The van der Waals surface area contributed by atoms with E-state index < -0.39 is 0 Å². The lowest BCUT2D eigenvalue weighted by Gasteiger charge is -2.31. The number of nitrogens with zero attached hydrogens (tertiary/aromatic N) is 1. The summed E-state index contributed by atoms with van der Waals surface area (Å²) in [7, 11) is 0. The minimum Gasteiger partial charge on any atom is -0.341 e. The highest BCUT2D eigenvalue weighted by Gasteiger charge is 2.24. The monoisotopic (exact) mass is 268 g/mol. The Morgan fingerprint density at radius 2 is 1.53 bits per heavy atom. The van der Waals surface area contributed by atoms with Gasteiger partial charge in [0, 0.05) is 13.1 Å². The molecule has 0 aromatic rings. The molecule has 1 unspecified atom stereocenters. The predicted molar refractivity (Wildman–Crippen MR) is 81.1 cm³/mol. The molecule has 1 aliphatic heterocycles. The molecule has 0 aromatic heterocycles. The summed E-state index contributed by atoms with van der Waals surface area (Å²) in [5.41, 5.74) is 0. The lowest BCUT2D eigenvalue weighted by atomic mass is 9.85. The van der Waals surface area contributed by atoms with Gasteiger partial charge < -0.3 is 10.2 Å². The first-order chi connectivity index (χ1) is 8.93. The Morgan fingerprint density at radius 3 is 2.00 bits per heavy atom. The second-order valence-electron chi connectivity index (χ2n) is 6.67. The molecular formula is C16H32N2O. The van der Waals surface area contributed by atoms with Gasteiger partial charge in [-0.15, -0.1) is 0 Å². The van der Waals surface area contributed by atoms with Gasteiger partial charge >= 0.3 is 0 Å². The van der Waals surface area contributed by atoms with Gasteiger partial charge in [-0.05, 0) is 50.5 Å². The van der Waals surface area contributed by atoms with Gasteiger partial charge in [0.15, 0.2) is 0 Å². The minimum atomic E-state index is -0.0434. The first-order valence-corrected chi connectivity index (χ1v) is 7.95. The zero-order valence-corrected chi connectivity index (χ0v) is 13.4. The molecule has 1 saturated heterocycles. The van der Waals surface area contributed by atoms with Crippen LogP contribution in [0.3, 0.4) is 0 Å². The largest absolute Gasteiger partial charge is 0.341 e. The van der Waals surface area contributed by atoms with Crippen LogP contribution in [0, 0.1) is 17.8 Å². The molecule has 112 valence electrons. The number of amides is 1. The summed E-state index contributed by atoms with van der Waals surface area (Å²) in [6.45, 7) is 13.9. The number of nitrogens with one attached hydrogen (secondary N) is 1. The summed E-state index contributed by atoms with van der Waals surface area (Å²) >= 11 is 0. The van der Waals surface area contributed by atoms with Gasteiger partial charge in [0.1, 0.15) is 0 Å². The fraction of sp³-hybridized carbons (Fsp3) is 0.938. The molecule has 0 aliphatic carbocycles. The molecule has 3 nitrogen and oxygen atoms in total. The van der Waals surface area contributed by atoms with E-state index in [2.05, 4.69) is 33.0 Å². The van der Waals surface area contributed by atoms with Crippen molar-refractivity contribution in [1.29, 1.82) is 0 Å². The maximum absolute atomic E-state index is 12.3. The molecule has 0 radical (unpaired) electrons. The van der Waals surface area contributed by atoms with E-state index in [-0.39, 0.29) is 11.9 Å². The van der Waals surface area contributed by atoms with Crippen molar-refractivity contribution in [1.82, 2.24) is 10.2 Å². The summed E-state index contributed by atoms with van der Waals surface area (Å²) in [5, 5.41) is 3.45. The summed E-state index contributed by atoms with van der Waals surface area (Å²) in [6.07, 6.45) is 3.60. The topological polar surface area (TPSA) is 32.3 Å². The van der Waals surface area contributed by atoms with Crippen molar-refractivity contribution in [2.75, 3.05) is 19.6 Å². The lowest BCUT2D eigenvalue weighted by molar-refractivity contribution is -0.134. The third-order valence-electron chi connectivity index (χ3n) is 4.41. The van der Waals surface area contributed by atoms with Gasteiger partial charge in [-0.2, -0.15) is 0 Å². The Labute approximate surface area is 119 Å². The van der Waals surface area contributed by atoms with Crippen LogP contribution in [0.2, 0.25) is 0 Å². The number of carbonyl (C=O) groups excluding carboxylic acids is 1. The van der Waals surface area contributed by atoms with Crippen molar-refractivity contribution >= 4 is 5.91 Å². The van der Waals surface area contributed by atoms with E-state index in [9.17, 15) is 4.79 Å². The minimum absolute atomic E-state index is 0.0434. The average molecular weight is 268 g/mol. The quantitative estimate of drug-likeness (QED) is 0.803. The molecule has 1 rings (SSSR count). The third kappa shape index (κ3) is 5.13. The van der Waals surface area contributed by atoms with Crippen LogP contribution in [-0.2, 0) is 4.79 Å². The first-order valence-electron chi connectivity index (χ1n) is 7.95. The van der Waals surface area contributed by atoms with Crippen LogP contribution in [-0.4, -0.2) is 36.5 Å². The normalized spacial score (nSPS) is 18.4. The van der Waals surface area contributed by atoms with Crippen molar-refractivity contribution in [2.45, 2.75) is 59.9 Å². The molecular weight excluding hydrogens is 236 g/mol. The maximum atomic E-state index is 12.3. The number of hydrogen-bond donors (Lipinski definition) is 1. The van der Waals surface area contributed by atoms with Crippen molar-refractivity contribution in [2.24, 2.45) is 17.8 Å². The highest BCUT2D eigenvalue weighted by molar-refractivity contribution is 5.81. The fourth-order valence-corrected chi connectivity index (χ4v) is 3.03. The Balaban J connectivity index is 2.40. The van der Waals surface area contributed by atoms with Crippen LogP contribution in [0.25, 0.3) is 0 Å². The Morgan fingerprint density at radius 1 is 1.00 bits per heavy atom. The van der Waals surface area contributed by atoms with Gasteiger partial charge in [0.25, 0.3) is 0 Å². The van der Waals surface area contributed by atoms with E-state index in [0.29, 0.717) is 17.8 Å². The van der Waals surface area contributed by atoms with Gasteiger partial charge in [-0.3, -0.25) is 4.79 Å². The molecule has 19 heavy (non-hydrogen) atoms. The molecule has 1 N–H and O–H groups in total. The average Bonchev–Trinajstić information content (AvgIpc) is 2.38. The highest BCUT2D eigenvalue weighted by Crippen LogP contribution is 2.19. The van der Waals surface area contributed by atoms with Crippen LogP contribution in [0.4, 0.5) is 0 Å². The van der Waals surface area contributed by atoms with Crippen molar-refractivity contribution in [3.8, 4) is 0 Å². The zero-order valence-electron chi connectivity index (χ0n) is 13.4. The Hall–Kier alpha value is -0.570. The molecule has 0 spiro atoms. The number of likely N-dealkylation sites (tertiary alicyclic amines) is 1. The number of carbonyl (C=O) groups is 1. The Kier molecular flexibility index (Phi) is 6.84. The summed E-state index contributed by atoms with van der Waals surface area (Å²) in [5.74, 6) is 2.23. The smallest absolute Gasteiger partial charge is 0.239 e. The molecule has 1 fully saturated rings. The summed E-state index contributed by atoms with van der Waals surface area (Å²) in [6, 6.07) is -0.0434. The molecule has 1 aliphatic rings. The van der Waals surface area contributed by atoms with Crippen molar-refractivity contribution < 1.29 is 4.79 Å². The number of hydrogen-bond acceptors (Lipinski definition) is 2. The second kappa shape index (κ2) is 7.88. The SMILES string of the molecule is CC(NCC(C(C)C)C(C)C)C(=O)N1CCCCC1. The molecule has 0 saturated carbocycles. The molecule has 0 bridgehead atoms. The van der Waals surface area contributed by atoms with Gasteiger partial charge in [-0.25, -0.2) is 0 Å². The molecule has 1 atom stereocenters. The van der Waals surface area contributed by atoms with Crippen LogP contribution in [0.5, 0.6) is 0 Å². The lowest BCUT2D eigenvalue weighted by Crippen LogP contribution is -2.48. The Bertz CT molecular complexity index is 262. The molecule has 1 amide bonds. The van der Waals surface area contributed by atoms with E-state index in [1.165, 1.54) is 19.3 Å². The van der Waals surface area contributed by atoms with E-state index in [1.807, 2.05) is 11.8 Å². The van der Waals surface area contributed by atoms with Crippen molar-refractivity contribution in [3.63, 3.8) is 0 Å². The summed E-state index contributed by atoms with van der Waals surface area (Å²) in [4.78, 5) is 14.3. The molecule has 3 heteroatoms. The number of rotatable bonds is 6. The second-order valence-corrected chi connectivity index (χ2v) is 6.67. The van der Waals surface area contributed by atoms with Crippen LogP contribution >= 0.6 is 0 Å². The van der Waals surface area contributed by atoms with Crippen LogP contribution in [0.15, 0.2) is 0 Å². The van der Waals surface area contributed by atoms with E-state index in [1.54, 1.807) is 0 Å². The third-order valence-corrected chi connectivity index (χ3v) is 4.41. The first kappa shape index (κ1) is 16.5. The summed E-state index contributed by atoms with van der Waals surface area (Å²) < 4.78 is 0. The van der Waals surface area contributed by atoms with Gasteiger partial charge in [0.2, 0.25) is 5.91 Å². The zero-order chi connectivity index (χ0) is 14.4. The van der Waals surface area contributed by atoms with E-state index in [0.717, 1.165) is 19.6 Å². The standard InChI is InChI=1S/C16H32N2O/c1-12(2)15(13(3)4)11-17-14(5)16(19)18-9-7-6-8-10-18/h12-15,17H,6-11H2,1-5H3. The predicted octanol–water partition coefficient (Wildman–Crippen LogP) is 2.91. The number of piperidine rings is 1. The van der Waals surface area contributed by atoms with Crippen LogP contribution in [0.1, 0.15) is 53.9 Å². The van der Waals surface area contributed by atoms with E-state index >= 15 is 0 Å². The molecule has 0 aromatic carbocycles.